The highest BCUT2D eigenvalue weighted by atomic mass is 32.2. The van der Waals surface area contributed by atoms with E-state index in [0.29, 0.717) is 12.8 Å². The fraction of sp³-hybridized carbons (Fsp3) is 0.333. The van der Waals surface area contributed by atoms with Crippen molar-refractivity contribution in [1.29, 1.82) is 0 Å². The molecule has 6 nitrogen and oxygen atoms in total. The van der Waals surface area contributed by atoms with Gasteiger partial charge in [-0.25, -0.2) is 13.2 Å². The van der Waals surface area contributed by atoms with E-state index in [1.165, 1.54) is 12.1 Å². The second-order valence-corrected chi connectivity index (χ2v) is 6.97. The number of amides is 1. The second kappa shape index (κ2) is 3.57. The van der Waals surface area contributed by atoms with Gasteiger partial charge in [0, 0.05) is 0 Å². The zero-order chi connectivity index (χ0) is 13.8. The first kappa shape index (κ1) is 12.2. The van der Waals surface area contributed by atoms with Gasteiger partial charge in [0.05, 0.1) is 27.3 Å². The summed E-state index contributed by atoms with van der Waals surface area (Å²) in [7, 11) is -3.66. The van der Waals surface area contributed by atoms with Crippen LogP contribution >= 0.6 is 0 Å². The first-order valence-corrected chi connectivity index (χ1v) is 7.41. The van der Waals surface area contributed by atoms with Crippen LogP contribution in [0.2, 0.25) is 0 Å². The highest BCUT2D eigenvalue weighted by molar-refractivity contribution is 7.91. The maximum absolute atomic E-state index is 12.3. The number of nitrogens with one attached hydrogen (secondary N) is 1. The van der Waals surface area contributed by atoms with Gasteiger partial charge >= 0.3 is 5.97 Å². The summed E-state index contributed by atoms with van der Waals surface area (Å²) in [6, 6.07) is 3.71. The first-order valence-electron chi connectivity index (χ1n) is 5.76. The van der Waals surface area contributed by atoms with E-state index < -0.39 is 21.2 Å². The van der Waals surface area contributed by atoms with Crippen molar-refractivity contribution < 1.29 is 23.1 Å². The maximum Gasteiger partial charge on any atom is 0.335 e. The van der Waals surface area contributed by atoms with Crippen molar-refractivity contribution in [2.75, 3.05) is 11.1 Å². The Morgan fingerprint density at radius 1 is 1.32 bits per heavy atom. The predicted octanol–water partition coefficient (Wildman–Crippen LogP) is 0.891. The zero-order valence-electron chi connectivity index (χ0n) is 9.84. The van der Waals surface area contributed by atoms with Crippen LogP contribution in [0.5, 0.6) is 0 Å². The predicted molar refractivity (Wildman–Crippen MR) is 65.8 cm³/mol. The van der Waals surface area contributed by atoms with Gasteiger partial charge in [-0.15, -0.1) is 0 Å². The molecule has 1 heterocycles. The number of fused-ring (bicyclic) bond motifs is 1. The van der Waals surface area contributed by atoms with E-state index in [4.69, 9.17) is 5.11 Å². The van der Waals surface area contributed by atoms with Crippen molar-refractivity contribution in [2.24, 2.45) is 5.41 Å². The van der Waals surface area contributed by atoms with Gasteiger partial charge in [-0.3, -0.25) is 4.79 Å². The van der Waals surface area contributed by atoms with Crippen molar-refractivity contribution in [3.63, 3.8) is 0 Å². The molecule has 3 rings (SSSR count). The molecule has 1 fully saturated rings. The molecule has 2 N–H and O–H groups in total. The Morgan fingerprint density at radius 2 is 2.00 bits per heavy atom. The van der Waals surface area contributed by atoms with Crippen LogP contribution in [-0.4, -0.2) is 31.2 Å². The fourth-order valence-corrected chi connectivity index (χ4v) is 4.36. The summed E-state index contributed by atoms with van der Waals surface area (Å²) in [4.78, 5) is 22.8. The van der Waals surface area contributed by atoms with E-state index in [1.807, 2.05) is 0 Å². The van der Waals surface area contributed by atoms with Gasteiger partial charge in [0.2, 0.25) is 5.91 Å². The van der Waals surface area contributed by atoms with Gasteiger partial charge in [0.1, 0.15) is 0 Å². The lowest BCUT2D eigenvalue weighted by molar-refractivity contribution is -0.120. The Balaban J connectivity index is 2.19. The number of carbonyl (C=O) groups excluding carboxylic acids is 1. The van der Waals surface area contributed by atoms with Gasteiger partial charge in [-0.1, -0.05) is 0 Å². The highest BCUT2D eigenvalue weighted by Crippen LogP contribution is 2.50. The van der Waals surface area contributed by atoms with Crippen molar-refractivity contribution in [1.82, 2.24) is 0 Å². The molecule has 100 valence electrons. The third-order valence-electron chi connectivity index (χ3n) is 3.61. The molecule has 0 bridgehead atoms. The van der Waals surface area contributed by atoms with Crippen LogP contribution in [0.1, 0.15) is 23.2 Å². The van der Waals surface area contributed by atoms with Crippen LogP contribution in [0.4, 0.5) is 5.69 Å². The van der Waals surface area contributed by atoms with E-state index in [9.17, 15) is 18.0 Å². The lowest BCUT2D eigenvalue weighted by Crippen LogP contribution is -2.27. The number of carboxylic acid groups (broad SMARTS) is 1. The molecule has 19 heavy (non-hydrogen) atoms. The summed E-state index contributed by atoms with van der Waals surface area (Å²) in [5, 5.41) is 11.5. The number of sulfone groups is 1. The fourth-order valence-electron chi connectivity index (χ4n) is 2.30. The van der Waals surface area contributed by atoms with Gasteiger partial charge in [-0.05, 0) is 31.0 Å². The molecule has 0 radical (unpaired) electrons. The summed E-state index contributed by atoms with van der Waals surface area (Å²) in [5.74, 6) is -1.74. The SMILES string of the molecule is O=C(O)c1ccc2c(c1)S(=O)(=O)CC1(CC1)C(=O)N2. The maximum atomic E-state index is 12.3. The summed E-state index contributed by atoms with van der Waals surface area (Å²) in [6.45, 7) is 0. The molecule has 7 heteroatoms. The van der Waals surface area contributed by atoms with E-state index in [2.05, 4.69) is 5.32 Å². The number of anilines is 1. The van der Waals surface area contributed by atoms with E-state index in [1.54, 1.807) is 0 Å². The molecule has 2 aliphatic rings. The van der Waals surface area contributed by atoms with Crippen LogP contribution in [0.3, 0.4) is 0 Å². The third-order valence-corrected chi connectivity index (χ3v) is 5.55. The Labute approximate surface area is 109 Å². The summed E-state index contributed by atoms with van der Waals surface area (Å²) in [5.41, 5.74) is -0.761. The van der Waals surface area contributed by atoms with Crippen LogP contribution in [0.25, 0.3) is 0 Å². The molecule has 0 atom stereocenters. The molecular weight excluding hydrogens is 270 g/mol. The van der Waals surface area contributed by atoms with E-state index in [-0.39, 0.29) is 27.8 Å². The molecule has 1 amide bonds. The van der Waals surface area contributed by atoms with Crippen molar-refractivity contribution in [2.45, 2.75) is 17.7 Å². The third kappa shape index (κ3) is 1.81. The average Bonchev–Trinajstić information content (AvgIpc) is 3.09. The minimum absolute atomic E-state index is 0.107. The van der Waals surface area contributed by atoms with Gasteiger partial charge in [0.15, 0.2) is 9.84 Å². The monoisotopic (exact) mass is 281 g/mol. The standard InChI is InChI=1S/C12H11NO5S/c14-10(15)7-1-2-8-9(5-7)19(17,18)6-12(3-4-12)11(16)13-8/h1-2,5H,3-4,6H2,(H,13,16)(H,14,15). The zero-order valence-corrected chi connectivity index (χ0v) is 10.7. The van der Waals surface area contributed by atoms with Gasteiger partial charge in [-0.2, -0.15) is 0 Å². The van der Waals surface area contributed by atoms with Crippen LogP contribution < -0.4 is 5.32 Å². The molecular formula is C12H11NO5S. The van der Waals surface area contributed by atoms with E-state index in [0.717, 1.165) is 6.07 Å². The van der Waals surface area contributed by atoms with Crippen molar-refractivity contribution in [3.8, 4) is 0 Å². The van der Waals surface area contributed by atoms with Crippen LogP contribution in [0, 0.1) is 5.41 Å². The molecule has 1 aromatic rings. The smallest absolute Gasteiger partial charge is 0.335 e. The Bertz CT molecular complexity index is 703. The van der Waals surface area contributed by atoms with Crippen molar-refractivity contribution in [3.05, 3.63) is 23.8 Å². The number of carbonyl (C=O) groups is 2. The molecule has 0 unspecified atom stereocenters. The summed E-state index contributed by atoms with van der Waals surface area (Å²) in [6.07, 6.45) is 1.11. The largest absolute Gasteiger partial charge is 0.478 e. The molecule has 0 aromatic heterocycles. The Morgan fingerprint density at radius 3 is 2.58 bits per heavy atom. The molecule has 1 saturated carbocycles. The van der Waals surface area contributed by atoms with Gasteiger partial charge < -0.3 is 10.4 Å². The highest BCUT2D eigenvalue weighted by Gasteiger charge is 2.54. The number of aromatic carboxylic acids is 1. The van der Waals surface area contributed by atoms with Crippen LogP contribution in [-0.2, 0) is 14.6 Å². The molecule has 1 aliphatic carbocycles. The quantitative estimate of drug-likeness (QED) is 0.796. The van der Waals surface area contributed by atoms with Gasteiger partial charge in [0.25, 0.3) is 0 Å². The minimum atomic E-state index is -3.66. The van der Waals surface area contributed by atoms with E-state index >= 15 is 0 Å². The number of hydrogen-bond donors (Lipinski definition) is 2. The normalized spacial score (nSPS) is 22.2. The molecule has 1 aromatic carbocycles. The lowest BCUT2D eigenvalue weighted by Gasteiger charge is -2.08. The van der Waals surface area contributed by atoms with Crippen LogP contribution in [0.15, 0.2) is 23.1 Å². The Kier molecular flexibility index (Phi) is 2.28. The molecule has 0 saturated heterocycles. The molecule has 1 spiro atoms. The average molecular weight is 281 g/mol. The van der Waals surface area contributed by atoms with Crippen molar-refractivity contribution >= 4 is 27.4 Å². The number of benzene rings is 1. The lowest BCUT2D eigenvalue weighted by atomic mass is 10.1. The Hall–Kier alpha value is -1.89. The number of rotatable bonds is 1. The first-order chi connectivity index (χ1) is 8.84. The number of carboxylic acids is 1. The minimum Gasteiger partial charge on any atom is -0.478 e. The molecule has 1 aliphatic heterocycles. The topological polar surface area (TPSA) is 101 Å². The summed E-state index contributed by atoms with van der Waals surface area (Å²) >= 11 is 0. The summed E-state index contributed by atoms with van der Waals surface area (Å²) < 4.78 is 24.6. The second-order valence-electron chi connectivity index (χ2n) is 5.01. The number of hydrogen-bond acceptors (Lipinski definition) is 4.